The minimum atomic E-state index is -3.83. The fourth-order valence-electron chi connectivity index (χ4n) is 2.47. The van der Waals surface area contributed by atoms with Gasteiger partial charge in [0.1, 0.15) is 0 Å². The van der Waals surface area contributed by atoms with Crippen LogP contribution < -0.4 is 5.56 Å². The Morgan fingerprint density at radius 2 is 1.58 bits per heavy atom. The normalized spacial score (nSPS) is 11.7. The van der Waals surface area contributed by atoms with Crippen LogP contribution in [0.3, 0.4) is 0 Å². The average Bonchev–Trinajstić information content (AvgIpc) is 2.62. The largest absolute Gasteiger partial charge is 0.274 e. The highest BCUT2D eigenvalue weighted by Crippen LogP contribution is 2.24. The van der Waals surface area contributed by atoms with Gasteiger partial charge < -0.3 is 0 Å². The molecule has 0 aliphatic heterocycles. The summed E-state index contributed by atoms with van der Waals surface area (Å²) in [6, 6.07) is 14.7. The number of alkyl halides is 1. The summed E-state index contributed by atoms with van der Waals surface area (Å²) >= 11 is 5.69. The predicted molar refractivity (Wildman–Crippen MR) is 93.2 cm³/mol. The van der Waals surface area contributed by atoms with Crippen molar-refractivity contribution in [3.05, 3.63) is 65.0 Å². The maximum absolute atomic E-state index is 13.0. The lowest BCUT2D eigenvalue weighted by Gasteiger charge is -2.11. The van der Waals surface area contributed by atoms with E-state index >= 15 is 0 Å². The van der Waals surface area contributed by atoms with Crippen LogP contribution in [0.5, 0.6) is 0 Å². The average molecular weight is 363 g/mol. The van der Waals surface area contributed by atoms with Gasteiger partial charge in [-0.1, -0.05) is 36.4 Å². The molecule has 124 valence electrons. The Morgan fingerprint density at radius 3 is 2.25 bits per heavy atom. The number of aryl methyl sites for hydroxylation is 1. The first kappa shape index (κ1) is 16.7. The second-order valence-corrected chi connectivity index (χ2v) is 7.48. The number of rotatable bonds is 5. The molecule has 0 saturated heterocycles. The van der Waals surface area contributed by atoms with Crippen molar-refractivity contribution in [1.82, 2.24) is 9.78 Å². The summed E-state index contributed by atoms with van der Waals surface area (Å²) in [5.41, 5.74) is -0.317. The number of sulfone groups is 1. The Kier molecular flexibility index (Phi) is 4.69. The zero-order valence-corrected chi connectivity index (χ0v) is 14.3. The number of fused-ring (bicyclic) bond motifs is 1. The Balaban J connectivity index is 2.31. The third-order valence-electron chi connectivity index (χ3n) is 3.65. The minimum absolute atomic E-state index is 0.113. The van der Waals surface area contributed by atoms with Crippen molar-refractivity contribution in [1.29, 1.82) is 0 Å². The Morgan fingerprint density at radius 1 is 0.958 bits per heavy atom. The SMILES string of the molecule is O=c1c2ccccc2c(S(=O)(=O)c2ccccc2)nn1CCCCl. The summed E-state index contributed by atoms with van der Waals surface area (Å²) in [5.74, 6) is 0.363. The van der Waals surface area contributed by atoms with Crippen molar-refractivity contribution in [3.8, 4) is 0 Å². The standard InChI is InChI=1S/C17H15ClN2O3S/c18-11-6-12-20-17(21)15-10-5-4-9-14(15)16(19-20)24(22,23)13-7-2-1-3-8-13/h1-5,7-10H,6,11-12H2. The molecule has 0 spiro atoms. The van der Waals surface area contributed by atoms with Crippen LogP contribution in [-0.2, 0) is 16.4 Å². The zero-order chi connectivity index (χ0) is 17.2. The highest BCUT2D eigenvalue weighted by Gasteiger charge is 2.24. The molecule has 7 heteroatoms. The van der Waals surface area contributed by atoms with Crippen molar-refractivity contribution < 1.29 is 8.42 Å². The summed E-state index contributed by atoms with van der Waals surface area (Å²) in [6.07, 6.45) is 0.525. The molecule has 5 nitrogen and oxygen atoms in total. The number of hydrogen-bond donors (Lipinski definition) is 0. The Labute approximate surface area is 144 Å². The van der Waals surface area contributed by atoms with E-state index in [1.807, 2.05) is 0 Å². The van der Waals surface area contributed by atoms with Crippen LogP contribution in [0.4, 0.5) is 0 Å². The molecule has 0 saturated carbocycles. The molecule has 0 N–H and O–H groups in total. The van der Waals surface area contributed by atoms with Crippen LogP contribution in [0, 0.1) is 0 Å². The lowest BCUT2D eigenvalue weighted by molar-refractivity contribution is 0.541. The van der Waals surface area contributed by atoms with Crippen LogP contribution in [0.2, 0.25) is 0 Å². The third-order valence-corrected chi connectivity index (χ3v) is 5.62. The Bertz CT molecular complexity index is 1030. The maximum Gasteiger partial charge on any atom is 0.274 e. The van der Waals surface area contributed by atoms with Crippen LogP contribution in [0.25, 0.3) is 10.8 Å². The second-order valence-electron chi connectivity index (χ2n) is 5.24. The first-order valence-corrected chi connectivity index (χ1v) is 9.43. The lowest BCUT2D eigenvalue weighted by Crippen LogP contribution is -2.26. The van der Waals surface area contributed by atoms with Gasteiger partial charge in [-0.25, -0.2) is 13.1 Å². The molecule has 0 unspecified atom stereocenters. The molecule has 0 bridgehead atoms. The Hall–Kier alpha value is -2.18. The molecule has 3 aromatic rings. The molecule has 2 aromatic carbocycles. The second kappa shape index (κ2) is 6.75. The molecule has 3 rings (SSSR count). The molecular weight excluding hydrogens is 348 g/mol. The van der Waals surface area contributed by atoms with Crippen molar-refractivity contribution in [2.24, 2.45) is 0 Å². The van der Waals surface area contributed by atoms with Gasteiger partial charge in [0.2, 0.25) is 9.84 Å². The topological polar surface area (TPSA) is 69.0 Å². The van der Waals surface area contributed by atoms with Crippen molar-refractivity contribution in [2.45, 2.75) is 22.9 Å². The van der Waals surface area contributed by atoms with Crippen molar-refractivity contribution in [2.75, 3.05) is 5.88 Å². The maximum atomic E-state index is 13.0. The molecular formula is C17H15ClN2O3S. The predicted octanol–water partition coefficient (Wildman–Crippen LogP) is 2.86. The molecule has 1 aromatic heterocycles. The van der Waals surface area contributed by atoms with E-state index in [9.17, 15) is 13.2 Å². The summed E-state index contributed by atoms with van der Waals surface area (Å²) in [5, 5.41) is 4.69. The summed E-state index contributed by atoms with van der Waals surface area (Å²) in [7, 11) is -3.83. The van der Waals surface area contributed by atoms with Gasteiger partial charge in [-0.2, -0.15) is 5.10 Å². The van der Waals surface area contributed by atoms with E-state index in [4.69, 9.17) is 11.6 Å². The van der Waals surface area contributed by atoms with E-state index < -0.39 is 9.84 Å². The fraction of sp³-hybridized carbons (Fsp3) is 0.176. The van der Waals surface area contributed by atoms with E-state index in [1.54, 1.807) is 42.5 Å². The quantitative estimate of drug-likeness (QED) is 0.654. The molecule has 0 atom stereocenters. The highest BCUT2D eigenvalue weighted by molar-refractivity contribution is 7.91. The first-order valence-electron chi connectivity index (χ1n) is 7.41. The minimum Gasteiger partial charge on any atom is -0.267 e. The van der Waals surface area contributed by atoms with Gasteiger partial charge in [-0.3, -0.25) is 4.79 Å². The van der Waals surface area contributed by atoms with Gasteiger partial charge in [-0.15, -0.1) is 11.6 Å². The van der Waals surface area contributed by atoms with Crippen LogP contribution in [0.15, 0.2) is 69.3 Å². The molecule has 0 amide bonds. The summed E-state index contributed by atoms with van der Waals surface area (Å²) < 4.78 is 27.1. The van der Waals surface area contributed by atoms with Gasteiger partial charge in [0.15, 0.2) is 5.03 Å². The van der Waals surface area contributed by atoms with Crippen LogP contribution >= 0.6 is 11.6 Å². The molecule has 0 radical (unpaired) electrons. The van der Waals surface area contributed by atoms with Crippen LogP contribution in [-0.4, -0.2) is 24.1 Å². The van der Waals surface area contributed by atoms with E-state index in [1.165, 1.54) is 16.8 Å². The molecule has 0 fully saturated rings. The lowest BCUT2D eigenvalue weighted by atomic mass is 10.2. The number of halogens is 1. The van der Waals surface area contributed by atoms with E-state index in [-0.39, 0.29) is 22.0 Å². The number of hydrogen-bond acceptors (Lipinski definition) is 4. The van der Waals surface area contributed by atoms with Gasteiger partial charge in [-0.05, 0) is 24.6 Å². The van der Waals surface area contributed by atoms with E-state index in [2.05, 4.69) is 5.10 Å². The summed E-state index contributed by atoms with van der Waals surface area (Å²) in [6.45, 7) is 0.268. The van der Waals surface area contributed by atoms with Gasteiger partial charge in [0, 0.05) is 17.8 Å². The molecule has 0 aliphatic carbocycles. The van der Waals surface area contributed by atoms with Crippen molar-refractivity contribution in [3.63, 3.8) is 0 Å². The van der Waals surface area contributed by atoms with Gasteiger partial charge in [0.25, 0.3) is 5.56 Å². The summed E-state index contributed by atoms with van der Waals surface area (Å²) in [4.78, 5) is 12.7. The van der Waals surface area contributed by atoms with Gasteiger partial charge >= 0.3 is 0 Å². The highest BCUT2D eigenvalue weighted by atomic mass is 35.5. The smallest absolute Gasteiger partial charge is 0.267 e. The molecule has 24 heavy (non-hydrogen) atoms. The van der Waals surface area contributed by atoms with Crippen LogP contribution in [0.1, 0.15) is 6.42 Å². The monoisotopic (exact) mass is 362 g/mol. The zero-order valence-electron chi connectivity index (χ0n) is 12.7. The van der Waals surface area contributed by atoms with E-state index in [0.29, 0.717) is 23.1 Å². The van der Waals surface area contributed by atoms with Gasteiger partial charge in [0.05, 0.1) is 10.3 Å². The fourth-order valence-corrected chi connectivity index (χ4v) is 4.01. The number of nitrogens with zero attached hydrogens (tertiary/aromatic N) is 2. The van der Waals surface area contributed by atoms with E-state index in [0.717, 1.165) is 0 Å². The first-order chi connectivity index (χ1) is 11.6. The third kappa shape index (κ3) is 2.95. The van der Waals surface area contributed by atoms with Crippen molar-refractivity contribution >= 4 is 32.2 Å². The number of aromatic nitrogens is 2. The molecule has 1 heterocycles. The number of benzene rings is 2. The molecule has 0 aliphatic rings.